The van der Waals surface area contributed by atoms with E-state index in [2.05, 4.69) is 5.32 Å². The average molecular weight is 171 g/mol. The molecule has 0 aromatic heterocycles. The van der Waals surface area contributed by atoms with Crippen molar-refractivity contribution in [3.8, 4) is 0 Å². The van der Waals surface area contributed by atoms with Gasteiger partial charge in [-0.3, -0.25) is 9.59 Å². The van der Waals surface area contributed by atoms with Crippen LogP contribution >= 0.6 is 0 Å². The van der Waals surface area contributed by atoms with Crippen LogP contribution in [-0.4, -0.2) is 18.2 Å². The molecule has 0 bridgehead atoms. The molecule has 1 N–H and O–H groups in total. The highest BCUT2D eigenvalue weighted by atomic mass is 16.2. The standard InChI is InChI=1S/C9H17NO2/c1-6(2)8(4)9(12)10-5-7(3)11/h6,8H,5H2,1-4H3,(H,10,12). The normalized spacial score (nSPS) is 12.8. The Balaban J connectivity index is 3.80. The first-order valence-electron chi connectivity index (χ1n) is 4.22. The lowest BCUT2D eigenvalue weighted by Gasteiger charge is -2.14. The van der Waals surface area contributed by atoms with Crippen LogP contribution in [0.15, 0.2) is 0 Å². The van der Waals surface area contributed by atoms with Crippen molar-refractivity contribution >= 4 is 11.7 Å². The molecule has 0 heterocycles. The van der Waals surface area contributed by atoms with E-state index in [1.54, 1.807) is 0 Å². The van der Waals surface area contributed by atoms with Gasteiger partial charge in [0.05, 0.1) is 6.54 Å². The number of hydrogen-bond donors (Lipinski definition) is 1. The van der Waals surface area contributed by atoms with Gasteiger partial charge >= 0.3 is 0 Å². The summed E-state index contributed by atoms with van der Waals surface area (Å²) < 4.78 is 0. The van der Waals surface area contributed by atoms with Gasteiger partial charge in [0.2, 0.25) is 5.91 Å². The van der Waals surface area contributed by atoms with Crippen molar-refractivity contribution in [1.29, 1.82) is 0 Å². The summed E-state index contributed by atoms with van der Waals surface area (Å²) in [6, 6.07) is 0. The molecule has 0 rings (SSSR count). The van der Waals surface area contributed by atoms with Crippen molar-refractivity contribution in [3.05, 3.63) is 0 Å². The number of amides is 1. The zero-order valence-electron chi connectivity index (χ0n) is 8.18. The fourth-order valence-corrected chi connectivity index (χ4v) is 0.675. The second-order valence-corrected chi connectivity index (χ2v) is 3.45. The molecular formula is C9H17NO2. The highest BCUT2D eigenvalue weighted by Crippen LogP contribution is 2.08. The quantitative estimate of drug-likeness (QED) is 0.685. The molecule has 1 unspecified atom stereocenters. The van der Waals surface area contributed by atoms with Gasteiger partial charge in [-0.25, -0.2) is 0 Å². The highest BCUT2D eigenvalue weighted by Gasteiger charge is 2.15. The van der Waals surface area contributed by atoms with Crippen LogP contribution in [0, 0.1) is 11.8 Å². The number of nitrogens with one attached hydrogen (secondary N) is 1. The second-order valence-electron chi connectivity index (χ2n) is 3.45. The molecule has 0 aromatic carbocycles. The van der Waals surface area contributed by atoms with Gasteiger partial charge in [0, 0.05) is 5.92 Å². The topological polar surface area (TPSA) is 46.2 Å². The molecule has 0 spiro atoms. The minimum absolute atomic E-state index is 0.0145. The van der Waals surface area contributed by atoms with Gasteiger partial charge in [-0.15, -0.1) is 0 Å². The summed E-state index contributed by atoms with van der Waals surface area (Å²) in [5.41, 5.74) is 0. The van der Waals surface area contributed by atoms with Crippen LogP contribution in [0.3, 0.4) is 0 Å². The van der Waals surface area contributed by atoms with Crippen LogP contribution < -0.4 is 5.32 Å². The number of rotatable bonds is 4. The SMILES string of the molecule is CC(=O)CNC(=O)C(C)C(C)C. The number of carbonyl (C=O) groups excluding carboxylic acids is 2. The molecule has 0 saturated heterocycles. The van der Waals surface area contributed by atoms with Crippen molar-refractivity contribution in [2.75, 3.05) is 6.54 Å². The Morgan fingerprint density at radius 3 is 2.08 bits per heavy atom. The van der Waals surface area contributed by atoms with Gasteiger partial charge in [0.15, 0.2) is 0 Å². The third-order valence-electron chi connectivity index (χ3n) is 1.93. The molecule has 1 atom stereocenters. The highest BCUT2D eigenvalue weighted by molar-refractivity contribution is 5.85. The smallest absolute Gasteiger partial charge is 0.223 e. The fraction of sp³-hybridized carbons (Fsp3) is 0.778. The molecule has 0 aliphatic carbocycles. The van der Waals surface area contributed by atoms with Crippen LogP contribution in [0.5, 0.6) is 0 Å². The molecule has 0 aliphatic rings. The van der Waals surface area contributed by atoms with E-state index in [1.807, 2.05) is 20.8 Å². The predicted octanol–water partition coefficient (Wildman–Crippen LogP) is 0.984. The molecule has 0 saturated carbocycles. The van der Waals surface area contributed by atoms with E-state index in [0.29, 0.717) is 5.92 Å². The number of ketones is 1. The molecule has 0 fully saturated rings. The molecule has 70 valence electrons. The van der Waals surface area contributed by atoms with E-state index >= 15 is 0 Å². The van der Waals surface area contributed by atoms with Crippen LogP contribution in [0.1, 0.15) is 27.7 Å². The lowest BCUT2D eigenvalue weighted by atomic mass is 9.97. The number of hydrogen-bond acceptors (Lipinski definition) is 2. The lowest BCUT2D eigenvalue weighted by Crippen LogP contribution is -2.34. The Labute approximate surface area is 73.5 Å². The lowest BCUT2D eigenvalue weighted by molar-refractivity contribution is -0.128. The van der Waals surface area contributed by atoms with Crippen molar-refractivity contribution in [3.63, 3.8) is 0 Å². The van der Waals surface area contributed by atoms with Crippen molar-refractivity contribution in [1.82, 2.24) is 5.32 Å². The minimum Gasteiger partial charge on any atom is -0.349 e. The molecule has 3 heteroatoms. The number of carbonyl (C=O) groups is 2. The van der Waals surface area contributed by atoms with Crippen molar-refractivity contribution < 1.29 is 9.59 Å². The van der Waals surface area contributed by atoms with Crippen molar-refractivity contribution in [2.45, 2.75) is 27.7 Å². The third kappa shape index (κ3) is 4.11. The van der Waals surface area contributed by atoms with Gasteiger partial charge < -0.3 is 5.32 Å². The van der Waals surface area contributed by atoms with E-state index in [4.69, 9.17) is 0 Å². The average Bonchev–Trinajstić information content (AvgIpc) is 1.98. The first-order chi connectivity index (χ1) is 5.45. The van der Waals surface area contributed by atoms with Gasteiger partial charge in [0.25, 0.3) is 0 Å². The summed E-state index contributed by atoms with van der Waals surface area (Å²) in [5, 5.41) is 2.57. The fourth-order valence-electron chi connectivity index (χ4n) is 0.675. The van der Waals surface area contributed by atoms with Crippen LogP contribution in [0.2, 0.25) is 0 Å². The molecular weight excluding hydrogens is 154 g/mol. The monoisotopic (exact) mass is 171 g/mol. The molecule has 3 nitrogen and oxygen atoms in total. The minimum atomic E-state index is -0.0415. The predicted molar refractivity (Wildman–Crippen MR) is 47.7 cm³/mol. The largest absolute Gasteiger partial charge is 0.349 e. The van der Waals surface area contributed by atoms with Crippen LogP contribution in [0.25, 0.3) is 0 Å². The second kappa shape index (κ2) is 4.91. The summed E-state index contributed by atoms with van der Waals surface area (Å²) in [7, 11) is 0. The Bertz CT molecular complexity index is 175. The Hall–Kier alpha value is -0.860. The van der Waals surface area contributed by atoms with Crippen LogP contribution in [0.4, 0.5) is 0 Å². The Morgan fingerprint density at radius 2 is 1.75 bits per heavy atom. The summed E-state index contributed by atoms with van der Waals surface area (Å²) in [5.74, 6) is 0.237. The van der Waals surface area contributed by atoms with E-state index in [1.165, 1.54) is 6.92 Å². The van der Waals surface area contributed by atoms with E-state index in [0.717, 1.165) is 0 Å². The zero-order valence-corrected chi connectivity index (χ0v) is 8.18. The van der Waals surface area contributed by atoms with Gasteiger partial charge in [0.1, 0.15) is 5.78 Å². The summed E-state index contributed by atoms with van der Waals surface area (Å²) in [4.78, 5) is 21.8. The first-order valence-corrected chi connectivity index (χ1v) is 4.22. The molecule has 0 aliphatic heterocycles. The third-order valence-corrected chi connectivity index (χ3v) is 1.93. The summed E-state index contributed by atoms with van der Waals surface area (Å²) in [6.07, 6.45) is 0. The molecule has 1 amide bonds. The van der Waals surface area contributed by atoms with E-state index in [9.17, 15) is 9.59 Å². The van der Waals surface area contributed by atoms with Crippen molar-refractivity contribution in [2.24, 2.45) is 11.8 Å². The maximum atomic E-state index is 11.2. The van der Waals surface area contributed by atoms with E-state index in [-0.39, 0.29) is 24.2 Å². The van der Waals surface area contributed by atoms with Gasteiger partial charge in [-0.05, 0) is 12.8 Å². The summed E-state index contributed by atoms with van der Waals surface area (Å²) in [6.45, 7) is 7.44. The summed E-state index contributed by atoms with van der Waals surface area (Å²) >= 11 is 0. The Morgan fingerprint density at radius 1 is 1.25 bits per heavy atom. The molecule has 12 heavy (non-hydrogen) atoms. The zero-order chi connectivity index (χ0) is 9.72. The van der Waals surface area contributed by atoms with E-state index < -0.39 is 0 Å². The van der Waals surface area contributed by atoms with Gasteiger partial charge in [-0.1, -0.05) is 20.8 Å². The van der Waals surface area contributed by atoms with Crippen LogP contribution in [-0.2, 0) is 9.59 Å². The Kier molecular flexibility index (Phi) is 4.55. The molecule has 0 aromatic rings. The number of Topliss-reactive ketones (excluding diaryl/α,β-unsaturated/α-hetero) is 1. The maximum Gasteiger partial charge on any atom is 0.223 e. The van der Waals surface area contributed by atoms with Gasteiger partial charge in [-0.2, -0.15) is 0 Å². The molecule has 0 radical (unpaired) electrons. The maximum absolute atomic E-state index is 11.2. The first kappa shape index (κ1) is 11.1.